The van der Waals surface area contributed by atoms with Gasteiger partial charge >= 0.3 is 11.9 Å². The maximum absolute atomic E-state index is 11.4. The molecule has 158 valence electrons. The predicted octanol–water partition coefficient (Wildman–Crippen LogP) is 5.75. The van der Waals surface area contributed by atoms with Crippen LogP contribution in [0.25, 0.3) is 22.3 Å². The molecular weight excluding hydrogens is 388 g/mol. The standard InChI is InChI=1S/C27H26O4/c1-3-26(28)30-18-17-20-9-13-22(14-10-20)24-7-5-6-8-25(24)23-15-11-21(12-16-23)19-31-27(29)4-2/h3,5-16H,1,4,17-19H2,2H3. The summed E-state index contributed by atoms with van der Waals surface area (Å²) >= 11 is 0. The molecule has 31 heavy (non-hydrogen) atoms. The minimum Gasteiger partial charge on any atom is -0.462 e. The Morgan fingerprint density at radius 3 is 1.87 bits per heavy atom. The van der Waals surface area contributed by atoms with Crippen LogP contribution in [-0.4, -0.2) is 18.5 Å². The van der Waals surface area contributed by atoms with Crippen LogP contribution in [0.4, 0.5) is 0 Å². The fourth-order valence-corrected chi connectivity index (χ4v) is 3.21. The summed E-state index contributed by atoms with van der Waals surface area (Å²) in [5.74, 6) is -0.600. The van der Waals surface area contributed by atoms with Crippen LogP contribution < -0.4 is 0 Å². The molecule has 0 amide bonds. The molecule has 0 saturated carbocycles. The topological polar surface area (TPSA) is 52.6 Å². The van der Waals surface area contributed by atoms with E-state index in [1.807, 2.05) is 24.3 Å². The highest BCUT2D eigenvalue weighted by Crippen LogP contribution is 2.32. The van der Waals surface area contributed by atoms with Crippen molar-refractivity contribution in [2.24, 2.45) is 0 Å². The number of benzene rings is 3. The van der Waals surface area contributed by atoms with Crippen LogP contribution in [0.5, 0.6) is 0 Å². The number of carbonyl (C=O) groups is 2. The van der Waals surface area contributed by atoms with Gasteiger partial charge in [-0.05, 0) is 33.4 Å². The number of hydrogen-bond acceptors (Lipinski definition) is 4. The largest absolute Gasteiger partial charge is 0.462 e. The first-order valence-electron chi connectivity index (χ1n) is 10.3. The van der Waals surface area contributed by atoms with Gasteiger partial charge in [-0.1, -0.05) is 86.3 Å². The average molecular weight is 415 g/mol. The molecule has 0 aromatic heterocycles. The van der Waals surface area contributed by atoms with Gasteiger partial charge in [-0.3, -0.25) is 4.79 Å². The van der Waals surface area contributed by atoms with E-state index < -0.39 is 5.97 Å². The van der Waals surface area contributed by atoms with Crippen molar-refractivity contribution < 1.29 is 19.1 Å². The summed E-state index contributed by atoms with van der Waals surface area (Å²) in [6.45, 7) is 5.80. The van der Waals surface area contributed by atoms with E-state index in [-0.39, 0.29) is 12.6 Å². The second-order valence-corrected chi connectivity index (χ2v) is 7.08. The fraction of sp³-hybridized carbons (Fsp3) is 0.185. The Morgan fingerprint density at radius 1 is 0.806 bits per heavy atom. The summed E-state index contributed by atoms with van der Waals surface area (Å²) in [4.78, 5) is 22.5. The molecule has 0 spiro atoms. The molecule has 3 rings (SSSR count). The molecule has 0 aliphatic heterocycles. The number of ether oxygens (including phenoxy) is 2. The second kappa shape index (κ2) is 10.9. The van der Waals surface area contributed by atoms with Crippen LogP contribution in [0.3, 0.4) is 0 Å². The summed E-state index contributed by atoms with van der Waals surface area (Å²) in [6, 6.07) is 24.6. The van der Waals surface area contributed by atoms with E-state index in [1.165, 1.54) is 6.08 Å². The van der Waals surface area contributed by atoms with Gasteiger partial charge in [0.15, 0.2) is 0 Å². The molecule has 0 fully saturated rings. The molecule has 0 radical (unpaired) electrons. The lowest BCUT2D eigenvalue weighted by Crippen LogP contribution is -2.04. The van der Waals surface area contributed by atoms with Gasteiger partial charge < -0.3 is 9.47 Å². The first kappa shape index (κ1) is 22.0. The van der Waals surface area contributed by atoms with E-state index >= 15 is 0 Å². The molecular formula is C27H26O4. The van der Waals surface area contributed by atoms with E-state index in [0.717, 1.165) is 33.4 Å². The average Bonchev–Trinajstić information content (AvgIpc) is 2.83. The van der Waals surface area contributed by atoms with Crippen LogP contribution in [0.15, 0.2) is 85.5 Å². The number of hydrogen-bond donors (Lipinski definition) is 0. The van der Waals surface area contributed by atoms with Gasteiger partial charge in [0.1, 0.15) is 6.61 Å². The third kappa shape index (κ3) is 6.16. The van der Waals surface area contributed by atoms with Crippen molar-refractivity contribution in [2.75, 3.05) is 6.61 Å². The lowest BCUT2D eigenvalue weighted by atomic mass is 9.93. The molecule has 0 heterocycles. The minimum absolute atomic E-state index is 0.197. The van der Waals surface area contributed by atoms with E-state index in [9.17, 15) is 9.59 Å². The van der Waals surface area contributed by atoms with Gasteiger partial charge in [-0.25, -0.2) is 4.79 Å². The van der Waals surface area contributed by atoms with E-state index in [4.69, 9.17) is 9.47 Å². The quantitative estimate of drug-likeness (QED) is 0.331. The highest BCUT2D eigenvalue weighted by molar-refractivity contribution is 5.83. The summed E-state index contributed by atoms with van der Waals surface area (Å²) in [5, 5.41) is 0. The molecule has 0 bridgehead atoms. The summed E-state index contributed by atoms with van der Waals surface area (Å²) in [5.41, 5.74) is 6.54. The first-order valence-corrected chi connectivity index (χ1v) is 10.3. The maximum Gasteiger partial charge on any atom is 0.330 e. The molecule has 4 nitrogen and oxygen atoms in total. The molecule has 3 aromatic rings. The Bertz CT molecular complexity index is 1030. The molecule has 0 N–H and O–H groups in total. The molecule has 0 aliphatic rings. The van der Waals surface area contributed by atoms with Crippen molar-refractivity contribution in [1.82, 2.24) is 0 Å². The predicted molar refractivity (Wildman–Crippen MR) is 122 cm³/mol. The summed E-state index contributed by atoms with van der Waals surface area (Å²) < 4.78 is 10.3. The van der Waals surface area contributed by atoms with Gasteiger partial charge in [-0.2, -0.15) is 0 Å². The zero-order chi connectivity index (χ0) is 22.1. The van der Waals surface area contributed by atoms with Crippen LogP contribution >= 0.6 is 0 Å². The van der Waals surface area contributed by atoms with Crippen molar-refractivity contribution in [3.63, 3.8) is 0 Å². The smallest absolute Gasteiger partial charge is 0.330 e. The Balaban J connectivity index is 1.73. The lowest BCUT2D eigenvalue weighted by molar-refractivity contribution is -0.144. The number of esters is 2. The Morgan fingerprint density at radius 2 is 1.35 bits per heavy atom. The van der Waals surface area contributed by atoms with E-state index in [0.29, 0.717) is 19.4 Å². The highest BCUT2D eigenvalue weighted by Gasteiger charge is 2.08. The SMILES string of the molecule is C=CC(=O)OCCc1ccc(-c2ccccc2-c2ccc(COC(=O)CC)cc2)cc1. The molecule has 3 aromatic carbocycles. The van der Waals surface area contributed by atoms with Crippen LogP contribution in [0.2, 0.25) is 0 Å². The van der Waals surface area contributed by atoms with E-state index in [2.05, 4.69) is 55.1 Å². The van der Waals surface area contributed by atoms with Crippen molar-refractivity contribution >= 4 is 11.9 Å². The van der Waals surface area contributed by atoms with Crippen LogP contribution in [-0.2, 0) is 32.1 Å². The van der Waals surface area contributed by atoms with Gasteiger partial charge in [0.25, 0.3) is 0 Å². The van der Waals surface area contributed by atoms with Crippen molar-refractivity contribution in [1.29, 1.82) is 0 Å². The highest BCUT2D eigenvalue weighted by atomic mass is 16.5. The Labute approximate surface area is 183 Å². The zero-order valence-electron chi connectivity index (χ0n) is 17.7. The number of carbonyl (C=O) groups excluding carboxylic acids is 2. The summed E-state index contributed by atoms with van der Waals surface area (Å²) in [6.07, 6.45) is 2.21. The molecule has 0 unspecified atom stereocenters. The summed E-state index contributed by atoms with van der Waals surface area (Å²) in [7, 11) is 0. The lowest BCUT2D eigenvalue weighted by Gasteiger charge is -2.12. The van der Waals surface area contributed by atoms with Crippen LogP contribution in [0.1, 0.15) is 24.5 Å². The Hall–Kier alpha value is -3.66. The zero-order valence-corrected chi connectivity index (χ0v) is 17.7. The van der Waals surface area contributed by atoms with Crippen molar-refractivity contribution in [2.45, 2.75) is 26.4 Å². The second-order valence-electron chi connectivity index (χ2n) is 7.08. The van der Waals surface area contributed by atoms with Gasteiger partial charge in [-0.15, -0.1) is 0 Å². The van der Waals surface area contributed by atoms with Crippen molar-refractivity contribution in [3.8, 4) is 22.3 Å². The third-order valence-electron chi connectivity index (χ3n) is 4.95. The maximum atomic E-state index is 11.4. The molecule has 4 heteroatoms. The minimum atomic E-state index is -0.403. The van der Waals surface area contributed by atoms with E-state index in [1.54, 1.807) is 6.92 Å². The van der Waals surface area contributed by atoms with Crippen LogP contribution in [0, 0.1) is 0 Å². The molecule has 0 aliphatic carbocycles. The fourth-order valence-electron chi connectivity index (χ4n) is 3.21. The molecule has 0 saturated heterocycles. The monoisotopic (exact) mass is 414 g/mol. The first-order chi connectivity index (χ1) is 15.1. The number of rotatable bonds is 9. The Kier molecular flexibility index (Phi) is 7.77. The van der Waals surface area contributed by atoms with Gasteiger partial charge in [0.2, 0.25) is 0 Å². The third-order valence-corrected chi connectivity index (χ3v) is 4.95. The van der Waals surface area contributed by atoms with Gasteiger partial charge in [0.05, 0.1) is 6.61 Å². The van der Waals surface area contributed by atoms with Gasteiger partial charge in [0, 0.05) is 18.9 Å². The normalized spacial score (nSPS) is 10.4. The van der Waals surface area contributed by atoms with Crippen molar-refractivity contribution in [3.05, 3.63) is 96.6 Å². The molecule has 0 atom stereocenters.